The van der Waals surface area contributed by atoms with E-state index in [9.17, 15) is 4.79 Å². The van der Waals surface area contributed by atoms with E-state index in [1.807, 2.05) is 0 Å². The predicted octanol–water partition coefficient (Wildman–Crippen LogP) is -1.02. The van der Waals surface area contributed by atoms with Crippen LogP contribution in [-0.2, 0) is 4.79 Å². The number of nitrogens with one attached hydrogen (secondary N) is 2. The summed E-state index contributed by atoms with van der Waals surface area (Å²) in [4.78, 5) is 10.5. The summed E-state index contributed by atoms with van der Waals surface area (Å²) in [6.07, 6.45) is 0.520. The van der Waals surface area contributed by atoms with E-state index in [1.165, 1.54) is 0 Å². The third-order valence-electron chi connectivity index (χ3n) is 0.876. The first-order chi connectivity index (χ1) is 4.31. The second-order valence-corrected chi connectivity index (χ2v) is 1.58. The Bertz CT molecular complexity index is 84.3. The first kappa shape index (κ1) is 8.39. The Morgan fingerprint density at radius 1 is 1.67 bits per heavy atom. The van der Waals surface area contributed by atoms with Crippen molar-refractivity contribution in [3.8, 4) is 0 Å². The minimum Gasteiger partial charge on any atom is -0.344 e. The zero-order chi connectivity index (χ0) is 7.11. The molecule has 1 amide bonds. The number of nitrogens with two attached hydrogens (primary N) is 1. The van der Waals surface area contributed by atoms with Gasteiger partial charge in [-0.2, -0.15) is 0 Å². The molecule has 0 aromatic carbocycles. The Labute approximate surface area is 54.8 Å². The second kappa shape index (κ2) is 5.53. The quantitative estimate of drug-likeness (QED) is 0.338. The molecule has 0 atom stereocenters. The zero-order valence-electron chi connectivity index (χ0n) is 5.61. The first-order valence-electron chi connectivity index (χ1n) is 2.98. The van der Waals surface area contributed by atoms with Gasteiger partial charge in [0.1, 0.15) is 0 Å². The minimum atomic E-state index is 0.0379. The van der Waals surface area contributed by atoms with Crippen LogP contribution in [0.25, 0.3) is 0 Å². The maximum Gasteiger partial charge on any atom is 0.220 e. The highest BCUT2D eigenvalue weighted by Crippen LogP contribution is 1.70. The highest BCUT2D eigenvalue weighted by molar-refractivity contribution is 5.75. The average Bonchev–Trinajstić information content (AvgIpc) is 1.89. The molecule has 0 saturated heterocycles. The summed E-state index contributed by atoms with van der Waals surface area (Å²) in [5.41, 5.74) is 5.09. The molecular weight excluding hydrogens is 118 g/mol. The van der Waals surface area contributed by atoms with E-state index in [-0.39, 0.29) is 5.91 Å². The van der Waals surface area contributed by atoms with Crippen molar-refractivity contribution in [1.82, 2.24) is 10.6 Å². The maximum absolute atomic E-state index is 10.5. The molecule has 0 aliphatic rings. The lowest BCUT2D eigenvalue weighted by molar-refractivity contribution is -0.120. The van der Waals surface area contributed by atoms with Crippen molar-refractivity contribution in [1.29, 1.82) is 0 Å². The lowest BCUT2D eigenvalue weighted by Crippen LogP contribution is -2.36. The van der Waals surface area contributed by atoms with Gasteiger partial charge in [0, 0.05) is 13.1 Å². The van der Waals surface area contributed by atoms with E-state index in [4.69, 9.17) is 5.73 Å². The van der Waals surface area contributed by atoms with Crippen LogP contribution in [0, 0.1) is 0 Å². The summed E-state index contributed by atoms with van der Waals surface area (Å²) >= 11 is 0. The highest BCUT2D eigenvalue weighted by Gasteiger charge is 1.91. The summed E-state index contributed by atoms with van der Waals surface area (Å²) in [7, 11) is 0. The molecule has 0 unspecified atom stereocenters. The fraction of sp³-hybridized carbons (Fsp3) is 0.800. The Kier molecular flexibility index (Phi) is 5.15. The van der Waals surface area contributed by atoms with Crippen molar-refractivity contribution in [3.05, 3.63) is 0 Å². The summed E-state index contributed by atoms with van der Waals surface area (Å²) in [6, 6.07) is 0. The van der Waals surface area contributed by atoms with Crippen LogP contribution in [0.1, 0.15) is 13.3 Å². The molecule has 9 heavy (non-hydrogen) atoms. The summed E-state index contributed by atoms with van der Waals surface area (Å²) in [5, 5.41) is 5.36. The molecule has 54 valence electrons. The van der Waals surface area contributed by atoms with Crippen LogP contribution in [0.5, 0.6) is 0 Å². The highest BCUT2D eigenvalue weighted by atomic mass is 16.1. The molecule has 0 fully saturated rings. The molecule has 0 aliphatic heterocycles. The van der Waals surface area contributed by atoms with Gasteiger partial charge < -0.3 is 11.1 Å². The second-order valence-electron chi connectivity index (χ2n) is 1.58. The molecule has 0 saturated carbocycles. The van der Waals surface area contributed by atoms with E-state index in [0.29, 0.717) is 19.8 Å². The lowest BCUT2D eigenvalue weighted by Gasteiger charge is -2.01. The van der Waals surface area contributed by atoms with E-state index < -0.39 is 0 Å². The predicted molar refractivity (Wildman–Crippen MR) is 35.5 cm³/mol. The number of hydrogen-bond donors (Lipinski definition) is 3. The van der Waals surface area contributed by atoms with E-state index >= 15 is 0 Å². The Morgan fingerprint density at radius 2 is 2.33 bits per heavy atom. The Balaban J connectivity index is 2.97. The molecule has 0 heterocycles. The minimum absolute atomic E-state index is 0.0379. The lowest BCUT2D eigenvalue weighted by atomic mass is 10.5. The Hall–Kier alpha value is -0.610. The van der Waals surface area contributed by atoms with Crippen molar-refractivity contribution < 1.29 is 4.79 Å². The Morgan fingerprint density at radius 3 is 2.78 bits per heavy atom. The first-order valence-corrected chi connectivity index (χ1v) is 2.98. The van der Waals surface area contributed by atoms with Gasteiger partial charge in [0.05, 0.1) is 6.67 Å². The molecule has 0 radical (unpaired) electrons. The fourth-order valence-corrected chi connectivity index (χ4v) is 0.358. The molecule has 0 spiro atoms. The van der Waals surface area contributed by atoms with Crippen molar-refractivity contribution in [2.45, 2.75) is 13.3 Å². The van der Waals surface area contributed by atoms with Gasteiger partial charge in [-0.25, -0.2) is 0 Å². The summed E-state index contributed by atoms with van der Waals surface area (Å²) in [6.45, 7) is 2.66. The van der Waals surface area contributed by atoms with Crippen LogP contribution in [0.15, 0.2) is 0 Å². The monoisotopic (exact) mass is 131 g/mol. The molecule has 0 rings (SSSR count). The van der Waals surface area contributed by atoms with Crippen LogP contribution in [-0.4, -0.2) is 19.2 Å². The fourth-order valence-electron chi connectivity index (χ4n) is 0.358. The van der Waals surface area contributed by atoms with Crippen LogP contribution in [0.3, 0.4) is 0 Å². The van der Waals surface area contributed by atoms with Gasteiger partial charge in [-0.15, -0.1) is 0 Å². The topological polar surface area (TPSA) is 67.2 Å². The van der Waals surface area contributed by atoms with Crippen LogP contribution >= 0.6 is 0 Å². The van der Waals surface area contributed by atoms with Gasteiger partial charge in [0.2, 0.25) is 5.91 Å². The van der Waals surface area contributed by atoms with Gasteiger partial charge >= 0.3 is 0 Å². The van der Waals surface area contributed by atoms with E-state index in [2.05, 4.69) is 10.6 Å². The number of carbonyl (C=O) groups excluding carboxylic acids is 1. The van der Waals surface area contributed by atoms with Crippen LogP contribution < -0.4 is 16.4 Å². The molecular formula is C5H13N3O. The van der Waals surface area contributed by atoms with Crippen LogP contribution in [0.4, 0.5) is 0 Å². The number of amides is 1. The van der Waals surface area contributed by atoms with E-state index in [0.717, 1.165) is 0 Å². The van der Waals surface area contributed by atoms with Gasteiger partial charge in [-0.05, 0) is 0 Å². The largest absolute Gasteiger partial charge is 0.344 e. The summed E-state index contributed by atoms with van der Waals surface area (Å²) in [5.74, 6) is 0.0379. The molecule has 4 nitrogen and oxygen atoms in total. The van der Waals surface area contributed by atoms with Gasteiger partial charge in [0.25, 0.3) is 0 Å². The third kappa shape index (κ3) is 5.26. The molecule has 0 aromatic heterocycles. The van der Waals surface area contributed by atoms with Crippen molar-refractivity contribution in [3.63, 3.8) is 0 Å². The summed E-state index contributed by atoms with van der Waals surface area (Å²) < 4.78 is 0. The molecule has 4 heteroatoms. The molecule has 4 N–H and O–H groups in total. The van der Waals surface area contributed by atoms with Crippen LogP contribution in [0.2, 0.25) is 0 Å². The van der Waals surface area contributed by atoms with Crippen molar-refractivity contribution in [2.24, 2.45) is 5.73 Å². The average molecular weight is 131 g/mol. The van der Waals surface area contributed by atoms with Gasteiger partial charge in [-0.3, -0.25) is 10.1 Å². The van der Waals surface area contributed by atoms with Crippen molar-refractivity contribution >= 4 is 5.91 Å². The normalized spacial score (nSPS) is 9.11. The number of rotatable bonds is 4. The SMILES string of the molecule is CCC(=O)NCNCN. The number of hydrogen-bond acceptors (Lipinski definition) is 3. The standard InChI is InChI=1S/C5H13N3O/c1-2-5(9)8-4-7-3-6/h7H,2-4,6H2,1H3,(H,8,9). The molecule has 0 aliphatic carbocycles. The van der Waals surface area contributed by atoms with Gasteiger partial charge in [-0.1, -0.05) is 6.92 Å². The zero-order valence-corrected chi connectivity index (χ0v) is 5.61. The molecule has 0 bridgehead atoms. The van der Waals surface area contributed by atoms with E-state index in [1.54, 1.807) is 6.92 Å². The maximum atomic E-state index is 10.5. The van der Waals surface area contributed by atoms with Crippen molar-refractivity contribution in [2.75, 3.05) is 13.3 Å². The van der Waals surface area contributed by atoms with Gasteiger partial charge in [0.15, 0.2) is 0 Å². The third-order valence-corrected chi connectivity index (χ3v) is 0.876. The molecule has 0 aromatic rings. The number of carbonyl (C=O) groups is 1. The smallest absolute Gasteiger partial charge is 0.220 e.